The molecule has 1 N–H and O–H groups in total. The molecular weight excluding hydrogens is 490 g/mol. The van der Waals surface area contributed by atoms with Crippen LogP contribution in [0.4, 0.5) is 0 Å². The van der Waals surface area contributed by atoms with Gasteiger partial charge in [0.1, 0.15) is 6.04 Å². The van der Waals surface area contributed by atoms with Crippen LogP contribution >= 0.6 is 11.6 Å². The molecule has 3 atom stereocenters. The van der Waals surface area contributed by atoms with Crippen molar-refractivity contribution in [1.82, 2.24) is 18.8 Å². The third-order valence-electron chi connectivity index (χ3n) is 7.25. The third kappa shape index (κ3) is 5.48. The quantitative estimate of drug-likeness (QED) is 0.591. The zero-order valence-corrected chi connectivity index (χ0v) is 21.5. The number of amides is 2. The van der Waals surface area contributed by atoms with Crippen molar-refractivity contribution in [2.45, 2.75) is 51.1 Å². The molecule has 1 aromatic rings. The van der Waals surface area contributed by atoms with E-state index in [1.165, 1.54) is 8.61 Å². The van der Waals surface area contributed by atoms with Gasteiger partial charge in [-0.2, -0.15) is 22.3 Å². The van der Waals surface area contributed by atoms with Crippen molar-refractivity contribution in [2.24, 2.45) is 11.8 Å². The van der Waals surface area contributed by atoms with Crippen LogP contribution in [0.3, 0.4) is 0 Å². The molecule has 0 saturated carbocycles. The third-order valence-corrected chi connectivity index (χ3v) is 9.44. The van der Waals surface area contributed by atoms with Crippen LogP contribution in [-0.4, -0.2) is 72.5 Å². The summed E-state index contributed by atoms with van der Waals surface area (Å²) >= 11 is 5.99. The maximum Gasteiger partial charge on any atom is 0.282 e. The Morgan fingerprint density at radius 3 is 2.46 bits per heavy atom. The number of nitrogens with zero attached hydrogens (tertiary/aromatic N) is 4. The molecule has 0 spiro atoms. The number of carbonyl (C=O) groups excluding carboxylic acids is 2. The summed E-state index contributed by atoms with van der Waals surface area (Å²) in [6.07, 6.45) is 3.21. The summed E-state index contributed by atoms with van der Waals surface area (Å²) < 4.78 is 28.6. The standard InChI is InChI=1S/C24H32ClN5O4S/c1-2-21(18-7-9-20(25)10-8-18)27-23(31)22-6-4-12-30(22)24(32)19-5-3-11-28(16-19)35(33,34)29-14-17(13-26)15-29/h7-10,17,19,21-22H,2-6,11-12,14-16H2,1H3,(H,27,31)/t19-,21+,22+/m0/s1. The fourth-order valence-corrected chi connectivity index (χ4v) is 7.06. The molecule has 3 heterocycles. The minimum Gasteiger partial charge on any atom is -0.348 e. The smallest absolute Gasteiger partial charge is 0.282 e. The van der Waals surface area contributed by atoms with Crippen molar-refractivity contribution in [3.63, 3.8) is 0 Å². The fourth-order valence-electron chi connectivity index (χ4n) is 5.15. The molecule has 0 bridgehead atoms. The van der Waals surface area contributed by atoms with Gasteiger partial charge in [-0.25, -0.2) is 0 Å². The lowest BCUT2D eigenvalue weighted by Gasteiger charge is -2.41. The van der Waals surface area contributed by atoms with E-state index in [4.69, 9.17) is 16.9 Å². The minimum atomic E-state index is -3.69. The molecule has 2 amide bonds. The van der Waals surface area contributed by atoms with E-state index in [2.05, 4.69) is 11.4 Å². The lowest BCUT2D eigenvalue weighted by atomic mass is 9.97. The highest BCUT2D eigenvalue weighted by atomic mass is 35.5. The van der Waals surface area contributed by atoms with Gasteiger partial charge in [0.2, 0.25) is 11.8 Å². The first-order valence-electron chi connectivity index (χ1n) is 12.3. The highest BCUT2D eigenvalue weighted by molar-refractivity contribution is 7.86. The van der Waals surface area contributed by atoms with Crippen molar-refractivity contribution in [2.75, 3.05) is 32.7 Å². The molecule has 3 saturated heterocycles. The van der Waals surface area contributed by atoms with Crippen molar-refractivity contribution >= 4 is 33.6 Å². The fraction of sp³-hybridized carbons (Fsp3) is 0.625. The highest BCUT2D eigenvalue weighted by Gasteiger charge is 2.44. The number of nitriles is 1. The zero-order chi connectivity index (χ0) is 25.2. The van der Waals surface area contributed by atoms with Crippen LogP contribution in [0.1, 0.15) is 50.6 Å². The van der Waals surface area contributed by atoms with Crippen molar-refractivity contribution in [3.8, 4) is 6.07 Å². The van der Waals surface area contributed by atoms with Gasteiger partial charge < -0.3 is 10.2 Å². The summed E-state index contributed by atoms with van der Waals surface area (Å²) in [6.45, 7) is 3.37. The molecule has 35 heavy (non-hydrogen) atoms. The number of piperidine rings is 1. The van der Waals surface area contributed by atoms with E-state index in [1.54, 1.807) is 17.0 Å². The molecule has 11 heteroatoms. The molecule has 3 aliphatic heterocycles. The first kappa shape index (κ1) is 25.9. The summed E-state index contributed by atoms with van der Waals surface area (Å²) in [5.41, 5.74) is 0.957. The van der Waals surface area contributed by atoms with Crippen LogP contribution in [0.5, 0.6) is 0 Å². The summed E-state index contributed by atoms with van der Waals surface area (Å²) in [5.74, 6) is -1.07. The second kappa shape index (κ2) is 10.8. The SMILES string of the molecule is CC[C@@H](NC(=O)[C@H]1CCCN1C(=O)[C@H]1CCCN(S(=O)(=O)N2CC(C#N)C2)C1)c1ccc(Cl)cc1. The van der Waals surface area contributed by atoms with Crippen LogP contribution in [0.2, 0.25) is 5.02 Å². The van der Waals surface area contributed by atoms with Gasteiger partial charge in [-0.1, -0.05) is 30.7 Å². The van der Waals surface area contributed by atoms with Crippen molar-refractivity contribution < 1.29 is 18.0 Å². The Kier molecular flexibility index (Phi) is 8.01. The Bertz CT molecular complexity index is 1080. The van der Waals surface area contributed by atoms with Gasteiger partial charge in [0, 0.05) is 37.7 Å². The largest absolute Gasteiger partial charge is 0.348 e. The maximum absolute atomic E-state index is 13.5. The zero-order valence-electron chi connectivity index (χ0n) is 19.9. The van der Waals surface area contributed by atoms with Crippen LogP contribution in [-0.2, 0) is 19.8 Å². The number of hydrogen-bond donors (Lipinski definition) is 1. The molecule has 3 fully saturated rings. The average Bonchev–Trinajstić information content (AvgIpc) is 3.32. The number of likely N-dealkylation sites (tertiary alicyclic amines) is 1. The molecule has 4 rings (SSSR count). The van der Waals surface area contributed by atoms with Crippen LogP contribution < -0.4 is 5.32 Å². The minimum absolute atomic E-state index is 0.113. The molecule has 1 aromatic carbocycles. The van der Waals surface area contributed by atoms with E-state index in [0.717, 1.165) is 12.0 Å². The molecule has 0 radical (unpaired) electrons. The summed E-state index contributed by atoms with van der Waals surface area (Å²) in [4.78, 5) is 28.3. The van der Waals surface area contributed by atoms with E-state index in [0.29, 0.717) is 43.8 Å². The number of nitrogens with one attached hydrogen (secondary N) is 1. The van der Waals surface area contributed by atoms with Gasteiger partial charge in [0.05, 0.1) is 23.9 Å². The van der Waals surface area contributed by atoms with E-state index in [9.17, 15) is 18.0 Å². The van der Waals surface area contributed by atoms with Crippen molar-refractivity contribution in [3.05, 3.63) is 34.9 Å². The van der Waals surface area contributed by atoms with Crippen LogP contribution in [0, 0.1) is 23.2 Å². The predicted molar refractivity (Wildman–Crippen MR) is 131 cm³/mol. The van der Waals surface area contributed by atoms with E-state index in [1.807, 2.05) is 19.1 Å². The Labute approximate surface area is 212 Å². The first-order valence-corrected chi connectivity index (χ1v) is 14.0. The maximum atomic E-state index is 13.5. The summed E-state index contributed by atoms with van der Waals surface area (Å²) in [6, 6.07) is 8.72. The molecule has 0 unspecified atom stereocenters. The number of benzene rings is 1. The lowest BCUT2D eigenvalue weighted by molar-refractivity contribution is -0.142. The summed E-state index contributed by atoms with van der Waals surface area (Å²) in [5, 5.41) is 12.7. The predicted octanol–water partition coefficient (Wildman–Crippen LogP) is 2.31. The second-order valence-electron chi connectivity index (χ2n) is 9.56. The van der Waals surface area contributed by atoms with Gasteiger partial charge in [-0.15, -0.1) is 0 Å². The van der Waals surface area contributed by atoms with E-state index >= 15 is 0 Å². The number of carbonyl (C=O) groups is 2. The lowest BCUT2D eigenvalue weighted by Crippen LogP contribution is -2.57. The topological polar surface area (TPSA) is 114 Å². The average molecular weight is 522 g/mol. The Balaban J connectivity index is 1.39. The van der Waals surface area contributed by atoms with Gasteiger partial charge in [0.15, 0.2) is 0 Å². The summed E-state index contributed by atoms with van der Waals surface area (Å²) in [7, 11) is -3.69. The van der Waals surface area contributed by atoms with E-state index in [-0.39, 0.29) is 43.4 Å². The number of hydrogen-bond acceptors (Lipinski definition) is 5. The molecule has 190 valence electrons. The molecular formula is C24H32ClN5O4S. The normalized spacial score (nSPS) is 25.0. The highest BCUT2D eigenvalue weighted by Crippen LogP contribution is 2.29. The Morgan fingerprint density at radius 1 is 1.11 bits per heavy atom. The monoisotopic (exact) mass is 521 g/mol. The number of halogens is 1. The first-order chi connectivity index (χ1) is 16.7. The molecule has 0 aromatic heterocycles. The van der Waals surface area contributed by atoms with Crippen LogP contribution in [0.15, 0.2) is 24.3 Å². The Hall–Kier alpha value is -2.19. The van der Waals surface area contributed by atoms with Gasteiger partial charge >= 0.3 is 0 Å². The van der Waals surface area contributed by atoms with Gasteiger partial charge in [0.25, 0.3) is 10.2 Å². The van der Waals surface area contributed by atoms with Gasteiger partial charge in [-0.3, -0.25) is 9.59 Å². The molecule has 9 nitrogen and oxygen atoms in total. The molecule has 0 aliphatic carbocycles. The van der Waals surface area contributed by atoms with Crippen molar-refractivity contribution in [1.29, 1.82) is 5.26 Å². The Morgan fingerprint density at radius 2 is 1.80 bits per heavy atom. The second-order valence-corrected chi connectivity index (χ2v) is 11.9. The van der Waals surface area contributed by atoms with Gasteiger partial charge in [-0.05, 0) is 49.8 Å². The van der Waals surface area contributed by atoms with Crippen LogP contribution in [0.25, 0.3) is 0 Å². The molecule has 3 aliphatic rings. The number of rotatable bonds is 7. The van der Waals surface area contributed by atoms with E-state index < -0.39 is 22.2 Å².